The van der Waals surface area contributed by atoms with Crippen LogP contribution in [0.15, 0.2) is 35.2 Å². The molecule has 0 bridgehead atoms. The number of hydrogen-bond acceptors (Lipinski definition) is 3. The first-order chi connectivity index (χ1) is 9.41. The van der Waals surface area contributed by atoms with Gasteiger partial charge in [0.05, 0.1) is 0 Å². The van der Waals surface area contributed by atoms with Crippen LogP contribution in [0.3, 0.4) is 0 Å². The Morgan fingerprint density at radius 3 is 1.85 bits per heavy atom. The minimum Gasteiger partial charge on any atom is -0.517 e. The molecule has 0 aliphatic carbocycles. The summed E-state index contributed by atoms with van der Waals surface area (Å²) in [4.78, 5) is 4.45. The molecule has 2 radical (unpaired) electrons. The summed E-state index contributed by atoms with van der Waals surface area (Å²) in [6.45, 7) is 0. The average Bonchev–Trinajstić information content (AvgIpc) is 2.38. The van der Waals surface area contributed by atoms with Crippen LogP contribution in [-0.2, 0) is 4.53 Å². The van der Waals surface area contributed by atoms with Gasteiger partial charge < -0.3 is 4.43 Å². The predicted octanol–water partition coefficient (Wildman–Crippen LogP) is 2.16. The van der Waals surface area contributed by atoms with Crippen LogP contribution in [0.25, 0.3) is 0 Å². The molecule has 0 heterocycles. The summed E-state index contributed by atoms with van der Waals surface area (Å²) in [5, 5.41) is 0. The Bertz CT molecular complexity index is 426. The molecule has 0 aliphatic heterocycles. The second kappa shape index (κ2) is 7.92. The molecule has 0 N–H and O–H groups in total. The van der Waals surface area contributed by atoms with Gasteiger partial charge in [-0.3, -0.25) is 14.0 Å². The third kappa shape index (κ3) is 4.15. The van der Waals surface area contributed by atoms with Crippen molar-refractivity contribution < 1.29 is 8.95 Å². The van der Waals surface area contributed by atoms with Gasteiger partial charge in [-0.1, -0.05) is 18.2 Å². The molecule has 0 saturated heterocycles. The van der Waals surface area contributed by atoms with Gasteiger partial charge in [-0.15, -0.1) is 4.91 Å². The van der Waals surface area contributed by atoms with Crippen LogP contribution in [0, 0.1) is 0 Å². The molecule has 20 heavy (non-hydrogen) atoms. The lowest BCUT2D eigenvalue weighted by molar-refractivity contribution is 0.296. The van der Waals surface area contributed by atoms with E-state index >= 15 is 0 Å². The minimum absolute atomic E-state index is 0.158. The molecule has 1 rings (SSSR count). The normalized spacial score (nSPS) is 12.2. The molecule has 1 aromatic rings. The van der Waals surface area contributed by atoms with Crippen molar-refractivity contribution >= 4 is 17.5 Å². The van der Waals surface area contributed by atoms with E-state index in [4.69, 9.17) is 8.95 Å². The van der Waals surface area contributed by atoms with E-state index in [0.29, 0.717) is 0 Å². The van der Waals surface area contributed by atoms with Crippen LogP contribution in [-0.4, -0.2) is 66.3 Å². The summed E-state index contributed by atoms with van der Waals surface area (Å²) in [5.74, 6) is 0.782. The SMILES string of the molecule is CN(C)P(=NO[Si]Oc1ccccc1)(N(C)C)N(C)C. The average molecular weight is 314 g/mol. The Kier molecular flexibility index (Phi) is 6.88. The maximum absolute atomic E-state index is 5.51. The van der Waals surface area contributed by atoms with Crippen LogP contribution in [0.5, 0.6) is 5.75 Å². The highest BCUT2D eigenvalue weighted by Gasteiger charge is 2.29. The van der Waals surface area contributed by atoms with Gasteiger partial charge in [0, 0.05) is 0 Å². The van der Waals surface area contributed by atoms with Crippen LogP contribution >= 0.6 is 7.51 Å². The number of benzene rings is 1. The Labute approximate surface area is 124 Å². The van der Waals surface area contributed by atoms with Crippen LogP contribution in [0.1, 0.15) is 0 Å². The van der Waals surface area contributed by atoms with Gasteiger partial charge in [0.15, 0.2) is 7.51 Å². The first-order valence-electron chi connectivity index (χ1n) is 6.19. The van der Waals surface area contributed by atoms with Gasteiger partial charge in [-0.25, -0.2) is 4.53 Å². The standard InChI is InChI=1S/C12H23N4O2PSi/c1-14(2)19(15(3)4,16(5)6)13-18-20-17-12-10-8-7-9-11-12/h7-11H,1-6H3. The highest BCUT2D eigenvalue weighted by molar-refractivity contribution is 7.58. The van der Waals surface area contributed by atoms with Gasteiger partial charge in [0.25, 0.3) is 0 Å². The zero-order chi connectivity index (χ0) is 15.2. The fraction of sp³-hybridized carbons (Fsp3) is 0.500. The molecule has 6 nitrogen and oxygen atoms in total. The van der Waals surface area contributed by atoms with Gasteiger partial charge in [0.2, 0.25) is 0 Å². The summed E-state index contributed by atoms with van der Waals surface area (Å²) in [7, 11) is 9.85. The highest BCUT2D eigenvalue weighted by atomic mass is 31.2. The molecule has 0 saturated carbocycles. The second-order valence-corrected chi connectivity index (χ2v) is 8.94. The first-order valence-corrected chi connectivity index (χ1v) is 8.61. The van der Waals surface area contributed by atoms with E-state index < -0.39 is 7.51 Å². The third-order valence-corrected chi connectivity index (χ3v) is 6.86. The quantitative estimate of drug-likeness (QED) is 0.334. The van der Waals surface area contributed by atoms with Gasteiger partial charge in [0.1, 0.15) is 5.75 Å². The maximum Gasteiger partial charge on any atom is 0.547 e. The minimum atomic E-state index is -2.00. The topological polar surface area (TPSA) is 40.5 Å². The van der Waals surface area contributed by atoms with E-state index in [2.05, 4.69) is 18.9 Å². The lowest BCUT2D eigenvalue weighted by Crippen LogP contribution is -2.31. The largest absolute Gasteiger partial charge is 0.547 e. The molecule has 0 fully saturated rings. The van der Waals surface area contributed by atoms with Gasteiger partial charge in [-0.2, -0.15) is 0 Å². The number of para-hydroxylation sites is 1. The van der Waals surface area contributed by atoms with E-state index in [0.717, 1.165) is 5.75 Å². The van der Waals surface area contributed by atoms with Crippen molar-refractivity contribution in [1.29, 1.82) is 0 Å². The molecule has 0 aliphatic rings. The summed E-state index contributed by atoms with van der Waals surface area (Å²) in [6.07, 6.45) is 0. The fourth-order valence-corrected chi connectivity index (χ4v) is 5.35. The zero-order valence-corrected chi connectivity index (χ0v) is 14.8. The predicted molar refractivity (Wildman–Crippen MR) is 84.3 cm³/mol. The Hall–Kier alpha value is -0.693. The number of rotatable bonds is 7. The smallest absolute Gasteiger partial charge is 0.517 e. The maximum atomic E-state index is 5.51. The molecule has 0 unspecified atom stereocenters. The van der Waals surface area contributed by atoms with Gasteiger partial charge in [-0.05, 0) is 54.4 Å². The van der Waals surface area contributed by atoms with Crippen LogP contribution in [0.4, 0.5) is 0 Å². The number of hydrogen-bond donors (Lipinski definition) is 0. The molecule has 0 spiro atoms. The van der Waals surface area contributed by atoms with Crippen molar-refractivity contribution in [2.75, 3.05) is 42.3 Å². The van der Waals surface area contributed by atoms with Crippen molar-refractivity contribution in [2.24, 2.45) is 4.91 Å². The molecule has 112 valence electrons. The summed E-state index contributed by atoms with van der Waals surface area (Å²) < 4.78 is 17.2. The second-order valence-electron chi connectivity index (χ2n) is 4.75. The lowest BCUT2D eigenvalue weighted by atomic mass is 10.3. The summed E-state index contributed by atoms with van der Waals surface area (Å²) >= 11 is 0. The highest BCUT2D eigenvalue weighted by Crippen LogP contribution is 2.54. The zero-order valence-electron chi connectivity index (χ0n) is 12.9. The molecule has 8 heteroatoms. The van der Waals surface area contributed by atoms with E-state index in [-0.39, 0.29) is 10.0 Å². The van der Waals surface area contributed by atoms with Crippen molar-refractivity contribution in [3.8, 4) is 5.75 Å². The van der Waals surface area contributed by atoms with Crippen molar-refractivity contribution in [3.63, 3.8) is 0 Å². The molecular weight excluding hydrogens is 291 g/mol. The lowest BCUT2D eigenvalue weighted by Gasteiger charge is -2.39. The fourth-order valence-electron chi connectivity index (χ4n) is 1.92. The Morgan fingerprint density at radius 1 is 0.900 bits per heavy atom. The van der Waals surface area contributed by atoms with Crippen LogP contribution < -0.4 is 4.43 Å². The summed E-state index contributed by atoms with van der Waals surface area (Å²) in [5.41, 5.74) is 0. The van der Waals surface area contributed by atoms with E-state index in [1.165, 1.54) is 0 Å². The summed E-state index contributed by atoms with van der Waals surface area (Å²) in [6, 6.07) is 9.58. The number of nitrogens with zero attached hydrogens (tertiary/aromatic N) is 4. The van der Waals surface area contributed by atoms with Crippen molar-refractivity contribution in [2.45, 2.75) is 0 Å². The third-order valence-electron chi connectivity index (χ3n) is 2.70. The first kappa shape index (κ1) is 17.4. The Balaban J connectivity index is 2.73. The van der Waals surface area contributed by atoms with E-state index in [1.54, 1.807) is 0 Å². The molecule has 0 aromatic heterocycles. The van der Waals surface area contributed by atoms with E-state index in [1.807, 2.05) is 72.6 Å². The molecule has 0 atom stereocenters. The van der Waals surface area contributed by atoms with Crippen LogP contribution in [0.2, 0.25) is 0 Å². The van der Waals surface area contributed by atoms with Gasteiger partial charge >= 0.3 is 10.0 Å². The van der Waals surface area contributed by atoms with Crippen molar-refractivity contribution in [1.82, 2.24) is 14.0 Å². The molecular formula is C12H23N4O2PSi. The molecule has 1 aromatic carbocycles. The Morgan fingerprint density at radius 2 is 1.40 bits per heavy atom. The monoisotopic (exact) mass is 314 g/mol. The van der Waals surface area contributed by atoms with Crippen molar-refractivity contribution in [3.05, 3.63) is 30.3 Å². The molecule has 0 amide bonds. The van der Waals surface area contributed by atoms with E-state index in [9.17, 15) is 0 Å².